The predicted octanol–water partition coefficient (Wildman–Crippen LogP) is 3.95. The molecule has 4 rings (SSSR count). The van der Waals surface area contributed by atoms with Gasteiger partial charge in [0.1, 0.15) is 11.3 Å². The lowest BCUT2D eigenvalue weighted by molar-refractivity contribution is 0.468. The maximum Gasteiger partial charge on any atom is 0.138 e. The number of pyridine rings is 2. The number of hydrogen-bond acceptors (Lipinski definition) is 2. The third-order valence-corrected chi connectivity index (χ3v) is 4.09. The minimum atomic E-state index is 0.183. The van der Waals surface area contributed by atoms with Gasteiger partial charge in [0, 0.05) is 29.0 Å². The van der Waals surface area contributed by atoms with Gasteiger partial charge in [-0.25, -0.2) is 4.98 Å². The Balaban J connectivity index is 1.65. The minimum absolute atomic E-state index is 0.183. The van der Waals surface area contributed by atoms with E-state index in [2.05, 4.69) is 58.9 Å². The van der Waals surface area contributed by atoms with Crippen molar-refractivity contribution in [3.8, 4) is 11.8 Å². The zero-order chi connectivity index (χ0) is 15.9. The number of fused-ring (bicyclic) bond motifs is 2. The molecule has 3 aromatic heterocycles. The van der Waals surface area contributed by atoms with Crippen molar-refractivity contribution in [3.63, 3.8) is 0 Å². The smallest absolute Gasteiger partial charge is 0.138 e. The Morgan fingerprint density at radius 1 is 1.17 bits per heavy atom. The molecule has 0 bridgehead atoms. The van der Waals surface area contributed by atoms with Crippen molar-refractivity contribution in [2.75, 3.05) is 0 Å². The number of hydrogen-bond donors (Lipinski definition) is 1. The van der Waals surface area contributed by atoms with Crippen molar-refractivity contribution < 1.29 is 0 Å². The summed E-state index contributed by atoms with van der Waals surface area (Å²) in [6, 6.07) is 8.07. The van der Waals surface area contributed by atoms with Crippen LogP contribution >= 0.6 is 0 Å². The summed E-state index contributed by atoms with van der Waals surface area (Å²) in [5, 5.41) is 1.10. The van der Waals surface area contributed by atoms with Gasteiger partial charge in [0.15, 0.2) is 0 Å². The average molecular weight is 299 g/mol. The molecule has 112 valence electrons. The molecule has 1 aliphatic rings. The number of rotatable bonds is 0. The third-order valence-electron chi connectivity index (χ3n) is 4.09. The monoisotopic (exact) mass is 299 g/mol. The van der Waals surface area contributed by atoms with Crippen molar-refractivity contribution in [2.24, 2.45) is 5.41 Å². The van der Waals surface area contributed by atoms with E-state index in [4.69, 9.17) is 0 Å². The van der Waals surface area contributed by atoms with Crippen LogP contribution in [0.15, 0.2) is 42.7 Å². The average Bonchev–Trinajstić information content (AvgIpc) is 3.00. The van der Waals surface area contributed by atoms with Gasteiger partial charge >= 0.3 is 0 Å². The van der Waals surface area contributed by atoms with Crippen LogP contribution in [0, 0.1) is 17.3 Å². The van der Waals surface area contributed by atoms with Gasteiger partial charge in [-0.2, -0.15) is 0 Å². The molecular formula is C20H17N3. The molecule has 0 atom stereocenters. The molecular weight excluding hydrogens is 282 g/mol. The first-order valence-electron chi connectivity index (χ1n) is 7.73. The molecule has 23 heavy (non-hydrogen) atoms. The van der Waals surface area contributed by atoms with Gasteiger partial charge in [-0.05, 0) is 47.6 Å². The molecule has 0 saturated carbocycles. The Hall–Kier alpha value is -2.86. The van der Waals surface area contributed by atoms with Gasteiger partial charge in [-0.15, -0.1) is 0 Å². The first-order valence-corrected chi connectivity index (χ1v) is 7.73. The number of aromatic amines is 1. The van der Waals surface area contributed by atoms with Crippen LogP contribution < -0.4 is 0 Å². The highest BCUT2D eigenvalue weighted by Gasteiger charge is 2.21. The molecule has 0 aromatic carbocycles. The number of aromatic nitrogens is 3. The van der Waals surface area contributed by atoms with Gasteiger partial charge < -0.3 is 4.98 Å². The zero-order valence-corrected chi connectivity index (χ0v) is 13.2. The number of nitrogens with one attached hydrogen (secondary N) is 1. The van der Waals surface area contributed by atoms with Gasteiger partial charge in [0.25, 0.3) is 0 Å². The molecule has 0 unspecified atom stereocenters. The van der Waals surface area contributed by atoms with Gasteiger partial charge in [-0.1, -0.05) is 31.9 Å². The topological polar surface area (TPSA) is 41.6 Å². The summed E-state index contributed by atoms with van der Waals surface area (Å²) in [5.74, 6) is 6.29. The Labute approximate surface area is 135 Å². The SMILES string of the molecule is CC1(C)C=Cc2cc(C#Cc3ccc4cc[nH]c4n3)cnc2C1. The second-order valence-electron chi connectivity index (χ2n) is 6.62. The lowest BCUT2D eigenvalue weighted by atomic mass is 9.81. The van der Waals surface area contributed by atoms with Crippen LogP contribution in [0.3, 0.4) is 0 Å². The van der Waals surface area contributed by atoms with Crippen molar-refractivity contribution in [1.29, 1.82) is 0 Å². The van der Waals surface area contributed by atoms with Crippen LogP contribution in [0.25, 0.3) is 17.1 Å². The summed E-state index contributed by atoms with van der Waals surface area (Å²) in [6.07, 6.45) is 9.11. The van der Waals surface area contributed by atoms with E-state index in [0.29, 0.717) is 0 Å². The summed E-state index contributed by atoms with van der Waals surface area (Å²) in [4.78, 5) is 12.2. The maximum absolute atomic E-state index is 4.59. The van der Waals surface area contributed by atoms with Gasteiger partial charge in [0.2, 0.25) is 0 Å². The van der Waals surface area contributed by atoms with E-state index >= 15 is 0 Å². The molecule has 3 heterocycles. The number of allylic oxidation sites excluding steroid dienone is 1. The lowest BCUT2D eigenvalue weighted by Crippen LogP contribution is -2.16. The molecule has 0 saturated heterocycles. The highest BCUT2D eigenvalue weighted by Crippen LogP contribution is 2.30. The summed E-state index contributed by atoms with van der Waals surface area (Å²) in [5.41, 5.74) is 5.04. The quantitative estimate of drug-likeness (QED) is 0.639. The summed E-state index contributed by atoms with van der Waals surface area (Å²) in [7, 11) is 0. The Bertz CT molecular complexity index is 981. The molecule has 0 aliphatic heterocycles. The molecule has 0 radical (unpaired) electrons. The van der Waals surface area contributed by atoms with E-state index in [1.54, 1.807) is 0 Å². The number of H-pyrrole nitrogens is 1. The van der Waals surface area contributed by atoms with Crippen LogP contribution in [-0.4, -0.2) is 15.0 Å². The minimum Gasteiger partial charge on any atom is -0.346 e. The fourth-order valence-electron chi connectivity index (χ4n) is 2.81. The standard InChI is InChI=1S/C20H17N3/c1-20(2)9-7-16-11-14(13-22-18(16)12-20)3-5-17-6-4-15-8-10-21-19(15)23-17/h4,6-11,13H,12H2,1-2H3,(H,21,23). The molecule has 0 amide bonds. The van der Waals surface area contributed by atoms with Gasteiger partial charge in [-0.3, -0.25) is 4.98 Å². The molecule has 1 aliphatic carbocycles. The van der Waals surface area contributed by atoms with Crippen LogP contribution in [0.1, 0.15) is 36.4 Å². The molecule has 0 spiro atoms. The number of nitrogens with zero attached hydrogens (tertiary/aromatic N) is 2. The normalized spacial score (nSPS) is 15.0. The van der Waals surface area contributed by atoms with Crippen LogP contribution in [-0.2, 0) is 6.42 Å². The van der Waals surface area contributed by atoms with E-state index in [1.165, 1.54) is 5.56 Å². The fraction of sp³-hybridized carbons (Fsp3) is 0.200. The van der Waals surface area contributed by atoms with E-state index in [-0.39, 0.29) is 5.41 Å². The lowest BCUT2D eigenvalue weighted by Gasteiger charge is -2.24. The molecule has 3 heteroatoms. The first kappa shape index (κ1) is 13.8. The Morgan fingerprint density at radius 2 is 2.09 bits per heavy atom. The Kier molecular flexibility index (Phi) is 3.06. The van der Waals surface area contributed by atoms with E-state index in [0.717, 1.165) is 34.4 Å². The van der Waals surface area contributed by atoms with E-state index in [1.807, 2.05) is 30.6 Å². The highest BCUT2D eigenvalue weighted by molar-refractivity contribution is 5.75. The van der Waals surface area contributed by atoms with Crippen molar-refractivity contribution in [2.45, 2.75) is 20.3 Å². The molecule has 3 nitrogen and oxygen atoms in total. The van der Waals surface area contributed by atoms with E-state index < -0.39 is 0 Å². The largest absolute Gasteiger partial charge is 0.346 e. The van der Waals surface area contributed by atoms with Crippen molar-refractivity contribution >= 4 is 17.1 Å². The first-order chi connectivity index (χ1) is 11.1. The highest BCUT2D eigenvalue weighted by atomic mass is 14.8. The fourth-order valence-corrected chi connectivity index (χ4v) is 2.81. The second-order valence-corrected chi connectivity index (χ2v) is 6.62. The molecule has 1 N–H and O–H groups in total. The van der Waals surface area contributed by atoms with Crippen LogP contribution in [0.5, 0.6) is 0 Å². The summed E-state index contributed by atoms with van der Waals surface area (Å²) >= 11 is 0. The zero-order valence-electron chi connectivity index (χ0n) is 13.2. The van der Waals surface area contributed by atoms with Crippen molar-refractivity contribution in [1.82, 2.24) is 15.0 Å². The predicted molar refractivity (Wildman–Crippen MR) is 92.8 cm³/mol. The van der Waals surface area contributed by atoms with Crippen LogP contribution in [0.2, 0.25) is 0 Å². The Morgan fingerprint density at radius 3 is 3.00 bits per heavy atom. The van der Waals surface area contributed by atoms with Gasteiger partial charge in [0.05, 0.1) is 0 Å². The maximum atomic E-state index is 4.59. The third kappa shape index (κ3) is 2.76. The van der Waals surface area contributed by atoms with Crippen LogP contribution in [0.4, 0.5) is 0 Å². The van der Waals surface area contributed by atoms with E-state index in [9.17, 15) is 0 Å². The molecule has 3 aromatic rings. The summed E-state index contributed by atoms with van der Waals surface area (Å²) in [6.45, 7) is 4.45. The van der Waals surface area contributed by atoms with Crippen molar-refractivity contribution in [3.05, 3.63) is 65.2 Å². The second kappa shape index (κ2) is 5.10. The summed E-state index contributed by atoms with van der Waals surface area (Å²) < 4.78 is 0. The molecule has 0 fully saturated rings.